The van der Waals surface area contributed by atoms with Crippen LogP contribution < -0.4 is 10.2 Å². The smallest absolute Gasteiger partial charge is 0.240 e. The molecule has 1 saturated heterocycles. The number of hydrogen-bond acceptors (Lipinski definition) is 7. The summed E-state index contributed by atoms with van der Waals surface area (Å²) in [6, 6.07) is 8.37. The number of amides is 1. The van der Waals surface area contributed by atoms with Gasteiger partial charge in [-0.2, -0.15) is 0 Å². The van der Waals surface area contributed by atoms with E-state index in [1.807, 2.05) is 18.0 Å². The summed E-state index contributed by atoms with van der Waals surface area (Å²) in [5.41, 5.74) is 2.36. The molecule has 0 bridgehead atoms. The van der Waals surface area contributed by atoms with Gasteiger partial charge in [-0.25, -0.2) is 0 Å². The predicted octanol–water partition coefficient (Wildman–Crippen LogP) is 2.74. The molecule has 0 spiro atoms. The summed E-state index contributed by atoms with van der Waals surface area (Å²) in [6.45, 7) is 10.5. The fourth-order valence-corrected chi connectivity index (χ4v) is 3.90. The molecule has 1 fully saturated rings. The maximum absolute atomic E-state index is 12.4. The lowest BCUT2D eigenvalue weighted by Crippen LogP contribution is -2.37. The highest BCUT2D eigenvalue weighted by Crippen LogP contribution is 2.27. The SMILES string of the molecule is CN(CC(=O)Nc1nnc(C(C)(C)C)s1)Cc1ccccc1N1CCOCC1. The third kappa shape index (κ3) is 5.50. The van der Waals surface area contributed by atoms with Crippen molar-refractivity contribution in [1.82, 2.24) is 15.1 Å². The van der Waals surface area contributed by atoms with E-state index in [0.29, 0.717) is 18.2 Å². The highest BCUT2D eigenvalue weighted by atomic mass is 32.1. The number of benzene rings is 1. The van der Waals surface area contributed by atoms with Gasteiger partial charge in [0.1, 0.15) is 5.01 Å². The number of rotatable bonds is 6. The summed E-state index contributed by atoms with van der Waals surface area (Å²) in [5, 5.41) is 12.6. The third-order valence-corrected chi connectivity index (χ3v) is 5.77. The van der Waals surface area contributed by atoms with E-state index < -0.39 is 0 Å². The Bertz CT molecular complexity index is 796. The number of para-hydroxylation sites is 1. The van der Waals surface area contributed by atoms with E-state index in [9.17, 15) is 4.79 Å². The zero-order chi connectivity index (χ0) is 20.1. The summed E-state index contributed by atoms with van der Waals surface area (Å²) in [7, 11) is 1.95. The third-order valence-electron chi connectivity index (χ3n) is 4.51. The van der Waals surface area contributed by atoms with Crippen molar-refractivity contribution in [2.24, 2.45) is 0 Å². The Hall–Kier alpha value is -2.03. The molecule has 1 amide bonds. The highest BCUT2D eigenvalue weighted by molar-refractivity contribution is 7.15. The van der Waals surface area contributed by atoms with Gasteiger partial charge < -0.3 is 9.64 Å². The normalized spacial score (nSPS) is 15.1. The quantitative estimate of drug-likeness (QED) is 0.800. The first-order chi connectivity index (χ1) is 13.3. The molecule has 3 rings (SSSR count). The lowest BCUT2D eigenvalue weighted by molar-refractivity contribution is -0.117. The fourth-order valence-electron chi connectivity index (χ4n) is 3.08. The standard InChI is InChI=1S/C20H29N5O2S/c1-20(2,3)18-22-23-19(28-18)21-17(26)14-24(4)13-15-7-5-6-8-16(15)25-9-11-27-12-10-25/h5-8H,9-14H2,1-4H3,(H,21,23,26). The van der Waals surface area contributed by atoms with Crippen LogP contribution in [0.2, 0.25) is 0 Å². The van der Waals surface area contributed by atoms with Crippen molar-refractivity contribution < 1.29 is 9.53 Å². The van der Waals surface area contributed by atoms with E-state index in [-0.39, 0.29) is 11.3 Å². The number of aromatic nitrogens is 2. The van der Waals surface area contributed by atoms with Crippen LogP contribution in [0, 0.1) is 0 Å². The molecule has 0 saturated carbocycles. The molecule has 0 atom stereocenters. The van der Waals surface area contributed by atoms with Crippen LogP contribution in [0.5, 0.6) is 0 Å². The van der Waals surface area contributed by atoms with Crippen molar-refractivity contribution >= 4 is 28.1 Å². The van der Waals surface area contributed by atoms with E-state index in [0.717, 1.165) is 31.3 Å². The molecule has 2 aromatic rings. The molecule has 28 heavy (non-hydrogen) atoms. The minimum Gasteiger partial charge on any atom is -0.378 e. The van der Waals surface area contributed by atoms with Crippen LogP contribution in [0.25, 0.3) is 0 Å². The number of likely N-dealkylation sites (N-methyl/N-ethyl adjacent to an activating group) is 1. The van der Waals surface area contributed by atoms with E-state index in [2.05, 4.69) is 59.4 Å². The minimum absolute atomic E-state index is 0.0688. The maximum atomic E-state index is 12.4. The van der Waals surface area contributed by atoms with Crippen LogP contribution in [0.1, 0.15) is 31.3 Å². The number of ether oxygens (including phenoxy) is 1. The second-order valence-corrected chi connectivity index (χ2v) is 9.09. The van der Waals surface area contributed by atoms with Crippen molar-refractivity contribution in [3.8, 4) is 0 Å². The van der Waals surface area contributed by atoms with E-state index in [1.165, 1.54) is 22.6 Å². The lowest BCUT2D eigenvalue weighted by atomic mass is 9.98. The molecule has 2 heterocycles. The van der Waals surface area contributed by atoms with Crippen molar-refractivity contribution in [1.29, 1.82) is 0 Å². The van der Waals surface area contributed by atoms with Crippen molar-refractivity contribution in [2.45, 2.75) is 32.7 Å². The zero-order valence-electron chi connectivity index (χ0n) is 17.1. The average Bonchev–Trinajstić information content (AvgIpc) is 3.11. The van der Waals surface area contributed by atoms with E-state index in [1.54, 1.807) is 0 Å². The van der Waals surface area contributed by atoms with Gasteiger partial charge in [-0.1, -0.05) is 50.3 Å². The number of nitrogens with one attached hydrogen (secondary N) is 1. The minimum atomic E-state index is -0.0806. The lowest BCUT2D eigenvalue weighted by Gasteiger charge is -2.31. The number of carbonyl (C=O) groups excluding carboxylic acids is 1. The summed E-state index contributed by atoms with van der Waals surface area (Å²) < 4.78 is 5.46. The van der Waals surface area contributed by atoms with Gasteiger partial charge in [0.25, 0.3) is 0 Å². The molecular formula is C20H29N5O2S. The van der Waals surface area contributed by atoms with Gasteiger partial charge in [-0.3, -0.25) is 15.0 Å². The molecule has 152 valence electrons. The Balaban J connectivity index is 1.57. The molecule has 0 unspecified atom stereocenters. The van der Waals surface area contributed by atoms with Gasteiger partial charge >= 0.3 is 0 Å². The Morgan fingerprint density at radius 1 is 1.25 bits per heavy atom. The van der Waals surface area contributed by atoms with Crippen LogP contribution in [0.15, 0.2) is 24.3 Å². The molecule has 1 N–H and O–H groups in total. The molecule has 8 heteroatoms. The summed E-state index contributed by atoms with van der Waals surface area (Å²) in [5.74, 6) is -0.0806. The van der Waals surface area contributed by atoms with Gasteiger partial charge in [0, 0.05) is 30.7 Å². The van der Waals surface area contributed by atoms with Crippen molar-refractivity contribution in [3.05, 3.63) is 34.8 Å². The van der Waals surface area contributed by atoms with Gasteiger partial charge in [0.2, 0.25) is 11.0 Å². The van der Waals surface area contributed by atoms with E-state index >= 15 is 0 Å². The summed E-state index contributed by atoms with van der Waals surface area (Å²) >= 11 is 1.43. The number of hydrogen-bond donors (Lipinski definition) is 1. The Morgan fingerprint density at radius 2 is 1.96 bits per heavy atom. The summed E-state index contributed by atoms with van der Waals surface area (Å²) in [4.78, 5) is 16.8. The highest BCUT2D eigenvalue weighted by Gasteiger charge is 2.20. The second kappa shape index (κ2) is 8.98. The first-order valence-electron chi connectivity index (χ1n) is 9.56. The molecule has 0 radical (unpaired) electrons. The number of nitrogens with zero attached hydrogens (tertiary/aromatic N) is 4. The molecule has 1 aliphatic heterocycles. The van der Waals surface area contributed by atoms with Gasteiger partial charge in [0.15, 0.2) is 0 Å². The number of morpholine rings is 1. The van der Waals surface area contributed by atoms with Crippen LogP contribution >= 0.6 is 11.3 Å². The molecule has 1 aliphatic rings. The first-order valence-corrected chi connectivity index (χ1v) is 10.4. The second-order valence-electron chi connectivity index (χ2n) is 8.11. The monoisotopic (exact) mass is 403 g/mol. The summed E-state index contributed by atoms with van der Waals surface area (Å²) in [6.07, 6.45) is 0. The maximum Gasteiger partial charge on any atom is 0.240 e. The Morgan fingerprint density at radius 3 is 2.64 bits per heavy atom. The first kappa shape index (κ1) is 20.7. The fraction of sp³-hybridized carbons (Fsp3) is 0.550. The number of anilines is 2. The predicted molar refractivity (Wildman–Crippen MR) is 113 cm³/mol. The van der Waals surface area contributed by atoms with Crippen LogP contribution in [0.3, 0.4) is 0 Å². The molecular weight excluding hydrogens is 374 g/mol. The van der Waals surface area contributed by atoms with Crippen LogP contribution in [-0.2, 0) is 21.5 Å². The van der Waals surface area contributed by atoms with Crippen LogP contribution in [-0.4, -0.2) is 60.9 Å². The topological polar surface area (TPSA) is 70.6 Å². The molecule has 1 aromatic heterocycles. The van der Waals surface area contributed by atoms with Gasteiger partial charge in [-0.15, -0.1) is 10.2 Å². The zero-order valence-corrected chi connectivity index (χ0v) is 17.9. The van der Waals surface area contributed by atoms with Crippen molar-refractivity contribution in [2.75, 3.05) is 50.1 Å². The Kier molecular flexibility index (Phi) is 6.64. The van der Waals surface area contributed by atoms with Gasteiger partial charge in [0.05, 0.1) is 19.8 Å². The van der Waals surface area contributed by atoms with E-state index in [4.69, 9.17) is 4.74 Å². The average molecular weight is 404 g/mol. The molecule has 1 aromatic carbocycles. The number of carbonyl (C=O) groups is 1. The Labute approximate surface area is 170 Å². The largest absolute Gasteiger partial charge is 0.378 e. The van der Waals surface area contributed by atoms with Gasteiger partial charge in [-0.05, 0) is 18.7 Å². The molecule has 0 aliphatic carbocycles. The molecule has 7 nitrogen and oxygen atoms in total. The van der Waals surface area contributed by atoms with Crippen molar-refractivity contribution in [3.63, 3.8) is 0 Å². The van der Waals surface area contributed by atoms with Crippen LogP contribution in [0.4, 0.5) is 10.8 Å².